The van der Waals surface area contributed by atoms with Crippen LogP contribution in [0, 0.1) is 13.8 Å². The fourth-order valence-corrected chi connectivity index (χ4v) is 13.2. The van der Waals surface area contributed by atoms with Gasteiger partial charge in [0, 0.05) is 88.6 Å². The zero-order chi connectivity index (χ0) is 54.2. The van der Waals surface area contributed by atoms with Crippen molar-refractivity contribution in [2.45, 2.75) is 13.8 Å². The summed E-state index contributed by atoms with van der Waals surface area (Å²) in [6.07, 6.45) is 0. The molecule has 6 nitrogen and oxygen atoms in total. The van der Waals surface area contributed by atoms with Crippen LogP contribution in [0.25, 0.3) is 120 Å². The molecule has 0 aliphatic heterocycles. The highest BCUT2D eigenvalue weighted by atomic mass is 16.4. The minimum Gasteiger partial charge on any atom is -0.452 e. The van der Waals surface area contributed by atoms with E-state index in [1.807, 2.05) is 0 Å². The Kier molecular flexibility index (Phi) is 10.0. The average molecular weight is 1050 g/mol. The number of hydrogen-bond acceptors (Lipinski definition) is 4. The highest BCUT2D eigenvalue weighted by molar-refractivity contribution is 6.22. The lowest BCUT2D eigenvalue weighted by atomic mass is 10.0. The molecule has 6 heteroatoms. The standard InChI is InChI=1S/C76H50N4O2/c1-47-17-9-13-25-67(47)77(57-33-37-71-63(45-57)59-23-11-15-27-69(59)79(71)53-19-5-3-6-20-53)55-31-29-49-41-65-61-35-36-62-66-42-50-30-32-56(40-52(50)44-74(66)82-76(62)75(61)81-73(65)43-51(49)39-55)78(68-26-14-10-18-48(68)2)58-34-38-72-64(46-58)60-24-12-16-28-70(60)80(72)54-21-7-4-8-22-54/h3-46H,1-2H3. The van der Waals surface area contributed by atoms with E-state index in [9.17, 15) is 0 Å². The summed E-state index contributed by atoms with van der Waals surface area (Å²) in [5, 5.41) is 13.5. The van der Waals surface area contributed by atoms with E-state index in [4.69, 9.17) is 8.83 Å². The maximum atomic E-state index is 6.94. The number of nitrogens with zero attached hydrogens (tertiary/aromatic N) is 4. The molecular weight excluding hydrogens is 1000 g/mol. The van der Waals surface area contributed by atoms with Gasteiger partial charge in [0.2, 0.25) is 0 Å². The van der Waals surface area contributed by atoms with Crippen LogP contribution in [0.3, 0.4) is 0 Å². The molecule has 0 amide bonds. The first-order valence-corrected chi connectivity index (χ1v) is 28.1. The summed E-state index contributed by atoms with van der Waals surface area (Å²) in [7, 11) is 0. The van der Waals surface area contributed by atoms with Crippen LogP contribution in [0.5, 0.6) is 0 Å². The summed E-state index contributed by atoms with van der Waals surface area (Å²) in [5.41, 5.74) is 19.1. The molecule has 0 aliphatic carbocycles. The monoisotopic (exact) mass is 1050 g/mol. The molecule has 0 saturated carbocycles. The quantitative estimate of drug-likeness (QED) is 0.152. The molecular formula is C76H50N4O2. The minimum atomic E-state index is 0.753. The number of fused-ring (bicyclic) bond motifs is 15. The van der Waals surface area contributed by atoms with E-state index in [0.29, 0.717) is 0 Å². The molecule has 0 unspecified atom stereocenters. The Morgan fingerprint density at radius 1 is 0.268 bits per heavy atom. The zero-order valence-corrected chi connectivity index (χ0v) is 45.0. The molecule has 0 saturated heterocycles. The summed E-state index contributed by atoms with van der Waals surface area (Å²) >= 11 is 0. The van der Waals surface area contributed by atoms with Gasteiger partial charge in [-0.2, -0.15) is 0 Å². The Balaban J connectivity index is 0.772. The number of benzene rings is 13. The molecule has 17 aromatic rings. The summed E-state index contributed by atoms with van der Waals surface area (Å²) in [4.78, 5) is 4.78. The highest BCUT2D eigenvalue weighted by Crippen LogP contribution is 2.46. The second kappa shape index (κ2) is 17.8. The predicted octanol–water partition coefficient (Wildman–Crippen LogP) is 21.5. The molecule has 0 radical (unpaired) electrons. The number of para-hydroxylation sites is 6. The number of hydrogen-bond donors (Lipinski definition) is 0. The van der Waals surface area contributed by atoms with E-state index >= 15 is 0 Å². The van der Waals surface area contributed by atoms with Crippen molar-refractivity contribution in [2.75, 3.05) is 9.80 Å². The Bertz CT molecular complexity index is 5110. The number of furan rings is 2. The SMILES string of the molecule is Cc1ccccc1N(c1ccc2cc3c(cc2c1)oc1c3ccc2c3cc4ccc(N(c5ccc6c(c5)c5ccccc5n6-c5ccccc5)c5ccccc5C)cc4cc3oc21)c1ccc2c(c1)c1ccccc1n2-c1ccccc1. The summed E-state index contributed by atoms with van der Waals surface area (Å²) < 4.78 is 18.6. The van der Waals surface area contributed by atoms with E-state index in [2.05, 4.69) is 300 Å². The van der Waals surface area contributed by atoms with Gasteiger partial charge in [-0.05, 0) is 192 Å². The van der Waals surface area contributed by atoms with Gasteiger partial charge in [-0.3, -0.25) is 0 Å². The van der Waals surface area contributed by atoms with Crippen LogP contribution in [0.4, 0.5) is 34.1 Å². The molecule has 13 aromatic carbocycles. The highest BCUT2D eigenvalue weighted by Gasteiger charge is 2.23. The molecule has 0 aliphatic rings. The normalized spacial score (nSPS) is 12.0. The molecule has 82 heavy (non-hydrogen) atoms. The lowest BCUT2D eigenvalue weighted by molar-refractivity contribution is 0.634. The molecule has 0 spiro atoms. The molecule has 0 N–H and O–H groups in total. The lowest BCUT2D eigenvalue weighted by Crippen LogP contribution is -2.11. The summed E-state index contributed by atoms with van der Waals surface area (Å²) in [5.74, 6) is 0. The third-order valence-corrected chi connectivity index (χ3v) is 17.0. The molecule has 386 valence electrons. The van der Waals surface area contributed by atoms with Crippen molar-refractivity contribution in [3.63, 3.8) is 0 Å². The van der Waals surface area contributed by atoms with Crippen molar-refractivity contribution >= 4 is 143 Å². The van der Waals surface area contributed by atoms with Crippen LogP contribution in [-0.2, 0) is 0 Å². The molecule has 0 atom stereocenters. The fourth-order valence-electron chi connectivity index (χ4n) is 13.2. The first-order valence-electron chi connectivity index (χ1n) is 28.1. The van der Waals surface area contributed by atoms with E-state index in [0.717, 1.165) is 111 Å². The van der Waals surface area contributed by atoms with Gasteiger partial charge in [0.15, 0.2) is 11.2 Å². The second-order valence-electron chi connectivity index (χ2n) is 21.8. The third kappa shape index (κ3) is 7.01. The van der Waals surface area contributed by atoms with Gasteiger partial charge >= 0.3 is 0 Å². The van der Waals surface area contributed by atoms with E-state index in [1.54, 1.807) is 0 Å². The Morgan fingerprint density at radius 3 is 1.10 bits per heavy atom. The van der Waals surface area contributed by atoms with Crippen molar-refractivity contribution in [2.24, 2.45) is 0 Å². The van der Waals surface area contributed by atoms with Crippen LogP contribution in [0.1, 0.15) is 11.1 Å². The molecule has 0 bridgehead atoms. The number of anilines is 6. The first-order chi connectivity index (χ1) is 40.5. The topological polar surface area (TPSA) is 42.6 Å². The van der Waals surface area contributed by atoms with Crippen LogP contribution >= 0.6 is 0 Å². The van der Waals surface area contributed by atoms with Gasteiger partial charge in [-0.15, -0.1) is 0 Å². The van der Waals surface area contributed by atoms with Crippen molar-refractivity contribution in [3.05, 3.63) is 278 Å². The van der Waals surface area contributed by atoms with Gasteiger partial charge in [0.25, 0.3) is 0 Å². The van der Waals surface area contributed by atoms with Gasteiger partial charge in [-0.25, -0.2) is 0 Å². The number of aryl methyl sites for hydroxylation is 2. The van der Waals surface area contributed by atoms with Gasteiger partial charge < -0.3 is 27.8 Å². The minimum absolute atomic E-state index is 0.753. The number of rotatable bonds is 8. The Morgan fingerprint density at radius 2 is 0.646 bits per heavy atom. The summed E-state index contributed by atoms with van der Waals surface area (Å²) in [6, 6.07) is 96.7. The number of aromatic nitrogens is 2. The third-order valence-electron chi connectivity index (χ3n) is 17.0. The maximum Gasteiger partial charge on any atom is 0.178 e. The molecule has 0 fully saturated rings. The predicted molar refractivity (Wildman–Crippen MR) is 344 cm³/mol. The maximum absolute atomic E-state index is 6.94. The Hall–Kier alpha value is -10.8. The Labute approximate surface area is 471 Å². The second-order valence-corrected chi connectivity index (χ2v) is 21.8. The van der Waals surface area contributed by atoms with E-state index in [1.165, 1.54) is 54.7 Å². The molecule has 4 aromatic heterocycles. The summed E-state index contributed by atoms with van der Waals surface area (Å²) in [6.45, 7) is 4.38. The molecule has 4 heterocycles. The van der Waals surface area contributed by atoms with E-state index in [-0.39, 0.29) is 0 Å². The first kappa shape index (κ1) is 46.1. The van der Waals surface area contributed by atoms with Crippen molar-refractivity contribution in [1.82, 2.24) is 9.13 Å². The van der Waals surface area contributed by atoms with Gasteiger partial charge in [-0.1, -0.05) is 121 Å². The zero-order valence-electron chi connectivity index (χ0n) is 45.0. The average Bonchev–Trinajstić information content (AvgIpc) is 3.58. The van der Waals surface area contributed by atoms with Crippen molar-refractivity contribution < 1.29 is 8.83 Å². The van der Waals surface area contributed by atoms with Crippen LogP contribution < -0.4 is 9.80 Å². The smallest absolute Gasteiger partial charge is 0.178 e. The van der Waals surface area contributed by atoms with Crippen molar-refractivity contribution in [1.29, 1.82) is 0 Å². The van der Waals surface area contributed by atoms with Crippen LogP contribution in [0.15, 0.2) is 276 Å². The van der Waals surface area contributed by atoms with E-state index < -0.39 is 0 Å². The van der Waals surface area contributed by atoms with Gasteiger partial charge in [0.05, 0.1) is 22.1 Å². The fraction of sp³-hybridized carbons (Fsp3) is 0.0263. The van der Waals surface area contributed by atoms with Crippen LogP contribution in [-0.4, -0.2) is 9.13 Å². The van der Waals surface area contributed by atoms with Crippen LogP contribution in [0.2, 0.25) is 0 Å². The largest absolute Gasteiger partial charge is 0.452 e. The van der Waals surface area contributed by atoms with Crippen molar-refractivity contribution in [3.8, 4) is 11.4 Å². The van der Waals surface area contributed by atoms with Gasteiger partial charge in [0.1, 0.15) is 11.2 Å². The lowest BCUT2D eigenvalue weighted by Gasteiger charge is -2.27. The molecule has 17 rings (SSSR count).